The maximum Gasteiger partial charge on any atom is 0.364 e. The molecule has 0 aromatic heterocycles. The highest BCUT2D eigenvalue weighted by Crippen LogP contribution is 2.40. The molecule has 0 unspecified atom stereocenters. The van der Waals surface area contributed by atoms with Gasteiger partial charge in [-0.3, -0.25) is 19.2 Å². The third kappa shape index (κ3) is 22.6. The maximum atomic E-state index is 13.1. The average Bonchev–Trinajstić information content (AvgIpc) is 0.767. The summed E-state index contributed by atoms with van der Waals surface area (Å²) < 4.78 is 93.2. The number of aliphatic hydroxyl groups excluding tert-OH is 27. The van der Waals surface area contributed by atoms with Gasteiger partial charge in [-0.1, -0.05) is 0 Å². The molecule has 45 atom stereocenters. The van der Waals surface area contributed by atoms with Crippen LogP contribution in [-0.4, -0.2) is 514 Å². The van der Waals surface area contributed by atoms with Crippen LogP contribution >= 0.6 is 0 Å². The van der Waals surface area contributed by atoms with Crippen LogP contribution in [0.1, 0.15) is 34.1 Å². The second kappa shape index (κ2) is 43.5. The smallest absolute Gasteiger partial charge is 0.364 e. The lowest BCUT2D eigenvalue weighted by molar-refractivity contribution is -0.397. The number of nitrogens with one attached hydrogen (secondary N) is 4. The molecule has 0 aromatic rings. The summed E-state index contributed by atoms with van der Waals surface area (Å²) in [7, 11) is 0. The largest absolute Gasteiger partial charge is 0.477 e. The van der Waals surface area contributed by atoms with Crippen LogP contribution in [0.4, 0.5) is 0 Å². The van der Waals surface area contributed by atoms with E-state index in [4.69, 9.17) is 75.8 Å². The zero-order chi connectivity index (χ0) is 87.7. The van der Waals surface area contributed by atoms with Gasteiger partial charge in [-0.05, 0) is 6.92 Å². The molecule has 0 saturated carbocycles. The second-order valence-electron chi connectivity index (χ2n) is 29.4. The number of carboxylic acid groups (broad SMARTS) is 1. The molecule has 32 N–H and O–H groups in total. The first-order valence-electron chi connectivity index (χ1n) is 37.2. The van der Waals surface area contributed by atoms with Gasteiger partial charge >= 0.3 is 5.97 Å². The van der Waals surface area contributed by atoms with Crippen molar-refractivity contribution < 1.29 is 243 Å². The number of hydrogen-bond donors (Lipinski definition) is 32. The standard InChI is InChI=1S/C65H110N4O49/c1-16-34(84)43(93)47(97)59(106-16)103-13-23(82)51(35(85)20(6-70)66-17(2)77)113-57-32(67-18(3)78)41(91)53(27(11-75)109-57)115-62-50(100)55(40(90)28(111-62)14-104-60-48(98)44(94)37(87)24(8-72)107-60)116-63-56(46(96)38(88)25(9-73)108-63)117-58-33(68-19(4)79)42(92)52(26(10-74)110-58)114-61-49(99)45(95)39(89)29(112-61)15-105-65(64(101)102)5-21(80)31(69-30(83)12-76)54(118-65)36(86)22(81)7-71/h16,20-29,31-63,70-76,80-82,84-100H,5-15H2,1-4H3,(H,66,77)(H,67,78)(H,68,79)(H,69,83)(H,101,102)/t16-,20-,21-,22+,23+,24+,25+,26+,27+,28+,29+,31+,32+,33+,34+,35+,36+,37+,38+,39-,40+,41+,42+,43+,44-,45-,46-,47-,48-,49+,50-,51+,52+,53+,54+,55-,56-,57-,58-,59+,60-,61-,62-,63+,65+/m0/s1. The van der Waals surface area contributed by atoms with Gasteiger partial charge in [0.1, 0.15) is 208 Å². The van der Waals surface area contributed by atoms with E-state index in [0.29, 0.717) is 0 Å². The van der Waals surface area contributed by atoms with Crippen LogP contribution in [0.15, 0.2) is 0 Å². The molecule has 0 spiro atoms. The van der Waals surface area contributed by atoms with Gasteiger partial charge in [-0.2, -0.15) is 0 Å². The molecule has 8 rings (SSSR count). The number of carbonyl (C=O) groups excluding carboxylic acids is 4. The Balaban J connectivity index is 1.07. The summed E-state index contributed by atoms with van der Waals surface area (Å²) in [5.41, 5.74) is 0. The quantitative estimate of drug-likeness (QED) is 0.0277. The molecule has 8 aliphatic heterocycles. The molecule has 53 nitrogen and oxygen atoms in total. The Labute approximate surface area is 667 Å². The van der Waals surface area contributed by atoms with Crippen molar-refractivity contribution in [3.63, 3.8) is 0 Å². The van der Waals surface area contributed by atoms with Crippen molar-refractivity contribution >= 4 is 29.6 Å². The molecule has 118 heavy (non-hydrogen) atoms. The number of carboxylic acids is 1. The lowest BCUT2D eigenvalue weighted by atomic mass is 9.88. The highest BCUT2D eigenvalue weighted by atomic mass is 16.8. The predicted octanol–water partition coefficient (Wildman–Crippen LogP) is -21.2. The van der Waals surface area contributed by atoms with Gasteiger partial charge in [0.05, 0.1) is 83.8 Å². The van der Waals surface area contributed by atoms with E-state index >= 15 is 0 Å². The van der Waals surface area contributed by atoms with Crippen LogP contribution in [-0.2, 0) is 99.8 Å². The number of aliphatic carboxylic acids is 1. The summed E-state index contributed by atoms with van der Waals surface area (Å²) in [6.45, 7) is -7.60. The Bertz CT molecular complexity index is 3150. The van der Waals surface area contributed by atoms with Gasteiger partial charge < -0.3 is 240 Å². The van der Waals surface area contributed by atoms with E-state index < -0.39 is 378 Å². The Morgan fingerprint density at radius 1 is 0.424 bits per heavy atom. The summed E-state index contributed by atoms with van der Waals surface area (Å²) in [5.74, 6) is -9.33. The molecule has 0 bridgehead atoms. The van der Waals surface area contributed by atoms with Gasteiger partial charge in [0, 0.05) is 27.2 Å². The first kappa shape index (κ1) is 99.1. The summed E-state index contributed by atoms with van der Waals surface area (Å²) in [6.07, 6.45) is -87.3. The number of hydrogen-bond acceptors (Lipinski definition) is 48. The molecule has 0 aliphatic carbocycles. The van der Waals surface area contributed by atoms with Crippen molar-refractivity contribution in [1.82, 2.24) is 21.3 Å². The summed E-state index contributed by atoms with van der Waals surface area (Å²) in [6, 6.07) is -7.68. The van der Waals surface area contributed by atoms with Crippen molar-refractivity contribution in [3.8, 4) is 0 Å². The Kier molecular flexibility index (Phi) is 36.5. The fourth-order valence-electron chi connectivity index (χ4n) is 14.5. The minimum atomic E-state index is -3.14. The van der Waals surface area contributed by atoms with E-state index in [1.807, 2.05) is 0 Å². The van der Waals surface area contributed by atoms with Crippen molar-refractivity contribution in [1.29, 1.82) is 0 Å². The first-order valence-corrected chi connectivity index (χ1v) is 37.2. The molecule has 684 valence electrons. The number of rotatable bonds is 36. The Hall–Kier alpha value is -4.37. The highest BCUT2D eigenvalue weighted by Gasteiger charge is 2.61. The topological polar surface area (TPSA) is 848 Å². The zero-order valence-electron chi connectivity index (χ0n) is 63.3. The van der Waals surface area contributed by atoms with Gasteiger partial charge in [-0.25, -0.2) is 4.79 Å². The van der Waals surface area contributed by atoms with Gasteiger partial charge in [-0.15, -0.1) is 0 Å². The molecule has 53 heteroatoms. The predicted molar refractivity (Wildman–Crippen MR) is 363 cm³/mol. The third-order valence-corrected chi connectivity index (χ3v) is 21.0. The number of aliphatic hydroxyl groups is 27. The van der Waals surface area contributed by atoms with Gasteiger partial charge in [0.15, 0.2) is 44.0 Å². The minimum absolute atomic E-state index is 0.856. The third-order valence-electron chi connectivity index (χ3n) is 21.0. The van der Waals surface area contributed by atoms with Crippen LogP contribution in [0.3, 0.4) is 0 Å². The lowest BCUT2D eigenvalue weighted by Crippen LogP contribution is -2.70. The van der Waals surface area contributed by atoms with E-state index in [1.165, 1.54) is 6.92 Å². The van der Waals surface area contributed by atoms with E-state index in [0.717, 1.165) is 20.8 Å². The van der Waals surface area contributed by atoms with Crippen molar-refractivity contribution in [3.05, 3.63) is 0 Å². The van der Waals surface area contributed by atoms with Crippen LogP contribution in [0.2, 0.25) is 0 Å². The summed E-state index contributed by atoms with van der Waals surface area (Å²) in [5, 5.41) is 317. The van der Waals surface area contributed by atoms with Crippen molar-refractivity contribution in [2.45, 2.75) is 310 Å². The number of ether oxygens (including phenoxy) is 16. The van der Waals surface area contributed by atoms with Crippen LogP contribution < -0.4 is 21.3 Å². The maximum absolute atomic E-state index is 13.1. The molecule has 8 heterocycles. The zero-order valence-corrected chi connectivity index (χ0v) is 63.3. The monoisotopic (exact) mass is 1730 g/mol. The van der Waals surface area contributed by atoms with E-state index in [1.54, 1.807) is 0 Å². The second-order valence-corrected chi connectivity index (χ2v) is 29.4. The summed E-state index contributed by atoms with van der Waals surface area (Å²) >= 11 is 0. The normalized spacial score (nSPS) is 44.7. The molecule has 0 aromatic carbocycles. The van der Waals surface area contributed by atoms with Crippen molar-refractivity contribution in [2.75, 3.05) is 66.1 Å². The van der Waals surface area contributed by atoms with E-state index in [-0.39, 0.29) is 0 Å². The van der Waals surface area contributed by atoms with Crippen LogP contribution in [0.25, 0.3) is 0 Å². The van der Waals surface area contributed by atoms with Crippen LogP contribution in [0, 0.1) is 0 Å². The Morgan fingerprint density at radius 3 is 1.40 bits per heavy atom. The number of amides is 4. The van der Waals surface area contributed by atoms with E-state index in [9.17, 15) is 167 Å². The fraction of sp³-hybridized carbons (Fsp3) is 0.923. The van der Waals surface area contributed by atoms with E-state index in [2.05, 4.69) is 21.3 Å². The SMILES string of the molecule is CC(=O)N[C@H]1[C@H](O[C@@H]([C@H](O)[C@H](CO)NC(C)=O)[C@H](O)CO[C@@H]2O[C@@H](C)[C@@H](O)[C@@H](O)[C@@H]2O)O[C@H](CO)[C@@H](O[C@@H]2O[C@H](CO[C@H]3O[C@H](CO)[C@@H](O)[C@H](O)[C@@H]3O)[C@@H](O)[C@H](O[C@H]3O[C@H](CO)[C@@H](O)[C@H](O)[C@@H]3O[C@@H]3O[C@H](CO)[C@@H](O[C@@H]4O[C@H](CO[C@]5(C(=O)O)C[C@H](O)[C@@H](NC(=O)CO)[C@H]([C@H](O)[C@H](O)CO)O5)[C@H](O)[C@H](O)[C@H]4O)[C@H](O)[C@H]3NC(C)=O)[C@@H]2O)[C@@H]1O. The van der Waals surface area contributed by atoms with Crippen LogP contribution in [0.5, 0.6) is 0 Å². The fourth-order valence-corrected chi connectivity index (χ4v) is 14.5. The highest BCUT2D eigenvalue weighted by molar-refractivity contribution is 5.78. The molecular weight excluding hydrogens is 1620 g/mol. The molecule has 8 saturated heterocycles. The molecule has 8 aliphatic rings. The van der Waals surface area contributed by atoms with Gasteiger partial charge in [0.2, 0.25) is 23.6 Å². The number of carbonyl (C=O) groups is 5. The molecule has 8 fully saturated rings. The lowest BCUT2D eigenvalue weighted by Gasteiger charge is -2.51. The van der Waals surface area contributed by atoms with Gasteiger partial charge in [0.25, 0.3) is 5.79 Å². The summed E-state index contributed by atoms with van der Waals surface area (Å²) in [4.78, 5) is 63.7. The Morgan fingerprint density at radius 2 is 0.881 bits per heavy atom. The minimum Gasteiger partial charge on any atom is -0.477 e. The average molecular weight is 1730 g/mol. The molecular formula is C65H110N4O49. The van der Waals surface area contributed by atoms with Crippen molar-refractivity contribution in [2.24, 2.45) is 0 Å². The first-order chi connectivity index (χ1) is 55.6. The molecule has 4 amide bonds. The molecule has 0 radical (unpaired) electrons.